The fourth-order valence-electron chi connectivity index (χ4n) is 1.95. The molecule has 1 heterocycles. The molecule has 1 N–H and O–H groups in total. The second-order valence-electron chi connectivity index (χ2n) is 4.72. The van der Waals surface area contributed by atoms with Gasteiger partial charge in [0.1, 0.15) is 0 Å². The van der Waals surface area contributed by atoms with Crippen molar-refractivity contribution in [1.82, 2.24) is 0 Å². The van der Waals surface area contributed by atoms with Gasteiger partial charge in [-0.15, -0.1) is 11.3 Å². The zero-order valence-corrected chi connectivity index (χ0v) is 12.4. The Kier molecular flexibility index (Phi) is 4.37. The van der Waals surface area contributed by atoms with Crippen LogP contribution in [-0.2, 0) is 9.59 Å². The summed E-state index contributed by atoms with van der Waals surface area (Å²) in [6.07, 6.45) is 0.235. The number of hydrogen-bond acceptors (Lipinski definition) is 6. The number of carbonyl (C=O) groups is 3. The number of carbonyl (C=O) groups excluding carboxylic acids is 3. The van der Waals surface area contributed by atoms with Gasteiger partial charge in [-0.3, -0.25) is 14.4 Å². The van der Waals surface area contributed by atoms with Gasteiger partial charge in [0.15, 0.2) is 29.4 Å². The number of methoxy groups -OCH3 is 1. The molecule has 0 spiro atoms. The molecule has 0 fully saturated rings. The highest BCUT2D eigenvalue weighted by Gasteiger charge is 2.19. The first-order chi connectivity index (χ1) is 9.96. The molecule has 0 bridgehead atoms. The lowest BCUT2D eigenvalue weighted by Crippen LogP contribution is -2.15. The minimum absolute atomic E-state index is 0.00644. The van der Waals surface area contributed by atoms with Gasteiger partial charge in [0.05, 0.1) is 12.0 Å². The zero-order valence-electron chi connectivity index (χ0n) is 11.6. The van der Waals surface area contributed by atoms with E-state index in [4.69, 9.17) is 4.74 Å². The van der Waals surface area contributed by atoms with Crippen LogP contribution in [0.15, 0.2) is 18.2 Å². The number of thiophene rings is 1. The number of phenolic OH excluding ortho intramolecular Hbond substituents is 1. The van der Waals surface area contributed by atoms with E-state index in [9.17, 15) is 19.5 Å². The van der Waals surface area contributed by atoms with E-state index in [-0.39, 0.29) is 24.2 Å². The Morgan fingerprint density at radius 2 is 2.10 bits per heavy atom. The molecular formula is C15H14O5S. The number of aromatic hydroxyl groups is 1. The standard InChI is InChI=1S/C15H14O5S/c1-8(12(19)7-16)3-11(18)15-5-9-4-13(20-2)10(17)6-14(9)21-15/h4-8,17H,3H2,1-2H3/t8-/m0/s1. The van der Waals surface area contributed by atoms with Crippen LogP contribution in [0.25, 0.3) is 10.1 Å². The highest BCUT2D eigenvalue weighted by atomic mass is 32.1. The predicted molar refractivity (Wildman–Crippen MR) is 79.2 cm³/mol. The van der Waals surface area contributed by atoms with Gasteiger partial charge in [-0.25, -0.2) is 0 Å². The molecule has 0 unspecified atom stereocenters. The number of ether oxygens (including phenoxy) is 1. The van der Waals surface area contributed by atoms with Crippen molar-refractivity contribution in [3.63, 3.8) is 0 Å². The number of fused-ring (bicyclic) bond motifs is 1. The van der Waals surface area contributed by atoms with E-state index in [0.29, 0.717) is 10.6 Å². The molecule has 5 nitrogen and oxygen atoms in total. The van der Waals surface area contributed by atoms with Gasteiger partial charge in [0.2, 0.25) is 0 Å². The lowest BCUT2D eigenvalue weighted by molar-refractivity contribution is -0.132. The zero-order chi connectivity index (χ0) is 15.6. The van der Waals surface area contributed by atoms with Crippen LogP contribution < -0.4 is 4.74 Å². The van der Waals surface area contributed by atoms with Crippen LogP contribution in [0.1, 0.15) is 23.0 Å². The van der Waals surface area contributed by atoms with Crippen molar-refractivity contribution in [3.05, 3.63) is 23.1 Å². The van der Waals surface area contributed by atoms with Crippen LogP contribution in [0.3, 0.4) is 0 Å². The number of ketones is 2. The lowest BCUT2D eigenvalue weighted by Gasteiger charge is -2.03. The molecule has 6 heteroatoms. The summed E-state index contributed by atoms with van der Waals surface area (Å²) in [5.74, 6) is -1.05. The quantitative estimate of drug-likeness (QED) is 0.504. The normalized spacial score (nSPS) is 12.1. The number of hydrogen-bond donors (Lipinski definition) is 1. The highest BCUT2D eigenvalue weighted by Crippen LogP contribution is 2.36. The second-order valence-corrected chi connectivity index (χ2v) is 5.80. The average Bonchev–Trinajstić information content (AvgIpc) is 2.87. The van der Waals surface area contributed by atoms with Crippen LogP contribution >= 0.6 is 11.3 Å². The van der Waals surface area contributed by atoms with Gasteiger partial charge < -0.3 is 9.84 Å². The third-order valence-corrected chi connectivity index (χ3v) is 4.32. The average molecular weight is 306 g/mol. The number of aldehydes is 1. The maximum absolute atomic E-state index is 12.1. The van der Waals surface area contributed by atoms with Crippen LogP contribution in [-0.4, -0.2) is 30.1 Å². The lowest BCUT2D eigenvalue weighted by atomic mass is 10.00. The first-order valence-electron chi connectivity index (χ1n) is 6.29. The molecule has 1 aromatic heterocycles. The molecule has 0 saturated heterocycles. The Labute approximate surface area is 125 Å². The molecule has 0 saturated carbocycles. The van der Waals surface area contributed by atoms with Crippen molar-refractivity contribution >= 4 is 39.3 Å². The van der Waals surface area contributed by atoms with E-state index in [0.717, 1.165) is 10.1 Å². The first-order valence-corrected chi connectivity index (χ1v) is 7.10. The van der Waals surface area contributed by atoms with Crippen LogP contribution in [0.5, 0.6) is 11.5 Å². The summed E-state index contributed by atoms with van der Waals surface area (Å²) in [6, 6.07) is 4.88. The molecule has 0 amide bonds. The van der Waals surface area contributed by atoms with Gasteiger partial charge in [-0.05, 0) is 17.5 Å². The molecule has 0 aliphatic rings. The summed E-state index contributed by atoms with van der Waals surface area (Å²) in [5.41, 5.74) is 0. The van der Waals surface area contributed by atoms with Crippen molar-refractivity contribution in [2.75, 3.05) is 7.11 Å². The minimum Gasteiger partial charge on any atom is -0.504 e. The Balaban J connectivity index is 2.28. The van der Waals surface area contributed by atoms with Crippen molar-refractivity contribution in [3.8, 4) is 11.5 Å². The smallest absolute Gasteiger partial charge is 0.198 e. The van der Waals surface area contributed by atoms with Crippen LogP contribution in [0, 0.1) is 5.92 Å². The van der Waals surface area contributed by atoms with Crippen molar-refractivity contribution in [1.29, 1.82) is 0 Å². The number of rotatable bonds is 6. The molecule has 0 radical (unpaired) electrons. The molecule has 2 rings (SSSR count). The summed E-state index contributed by atoms with van der Waals surface area (Å²) < 4.78 is 5.78. The molecule has 0 aliphatic carbocycles. The molecular weight excluding hydrogens is 292 g/mol. The van der Waals surface area contributed by atoms with E-state index in [1.807, 2.05) is 0 Å². The summed E-state index contributed by atoms with van der Waals surface area (Å²) in [5, 5.41) is 10.5. The van der Waals surface area contributed by atoms with Gasteiger partial charge in [-0.1, -0.05) is 6.92 Å². The Hall–Kier alpha value is -2.21. The summed E-state index contributed by atoms with van der Waals surface area (Å²) in [7, 11) is 1.45. The fraction of sp³-hybridized carbons (Fsp3) is 0.267. The third-order valence-electron chi connectivity index (χ3n) is 3.19. The fourth-order valence-corrected chi connectivity index (χ4v) is 2.98. The van der Waals surface area contributed by atoms with E-state index in [1.165, 1.54) is 24.5 Å². The largest absolute Gasteiger partial charge is 0.504 e. The molecule has 110 valence electrons. The Bertz CT molecular complexity index is 716. The molecule has 0 aliphatic heterocycles. The molecule has 2 aromatic rings. The molecule has 1 atom stereocenters. The third kappa shape index (κ3) is 3.11. The van der Waals surface area contributed by atoms with Crippen LogP contribution in [0.4, 0.5) is 0 Å². The van der Waals surface area contributed by atoms with E-state index in [1.54, 1.807) is 19.1 Å². The van der Waals surface area contributed by atoms with E-state index < -0.39 is 11.7 Å². The predicted octanol–water partition coefficient (Wildman–Crippen LogP) is 2.59. The second kappa shape index (κ2) is 6.05. The van der Waals surface area contributed by atoms with Crippen molar-refractivity contribution in [2.45, 2.75) is 13.3 Å². The SMILES string of the molecule is COc1cc2cc(C(=O)C[C@H](C)C(=O)C=O)sc2cc1O. The number of phenols is 1. The molecule has 21 heavy (non-hydrogen) atoms. The van der Waals surface area contributed by atoms with E-state index in [2.05, 4.69) is 0 Å². The molecule has 1 aromatic carbocycles. The maximum Gasteiger partial charge on any atom is 0.198 e. The number of Topliss-reactive ketones (excluding diaryl/α,β-unsaturated/α-hetero) is 2. The van der Waals surface area contributed by atoms with Crippen molar-refractivity contribution < 1.29 is 24.2 Å². The van der Waals surface area contributed by atoms with Gasteiger partial charge in [0.25, 0.3) is 0 Å². The topological polar surface area (TPSA) is 80.7 Å². The monoisotopic (exact) mass is 306 g/mol. The van der Waals surface area contributed by atoms with Gasteiger partial charge in [-0.2, -0.15) is 0 Å². The maximum atomic E-state index is 12.1. The Morgan fingerprint density at radius 3 is 2.71 bits per heavy atom. The van der Waals surface area contributed by atoms with Crippen LogP contribution in [0.2, 0.25) is 0 Å². The van der Waals surface area contributed by atoms with Crippen molar-refractivity contribution in [2.24, 2.45) is 5.92 Å². The highest BCUT2D eigenvalue weighted by molar-refractivity contribution is 7.20. The summed E-state index contributed by atoms with van der Waals surface area (Å²) in [4.78, 5) is 34.2. The minimum atomic E-state index is -0.622. The van der Waals surface area contributed by atoms with Gasteiger partial charge in [0, 0.05) is 23.1 Å². The summed E-state index contributed by atoms with van der Waals surface area (Å²) >= 11 is 1.24. The first kappa shape index (κ1) is 15.2. The number of benzene rings is 1. The Morgan fingerprint density at radius 1 is 1.38 bits per heavy atom. The van der Waals surface area contributed by atoms with Gasteiger partial charge >= 0.3 is 0 Å². The van der Waals surface area contributed by atoms with E-state index >= 15 is 0 Å². The summed E-state index contributed by atoms with van der Waals surface area (Å²) in [6.45, 7) is 1.55.